The van der Waals surface area contributed by atoms with Crippen molar-refractivity contribution in [3.63, 3.8) is 0 Å². The summed E-state index contributed by atoms with van der Waals surface area (Å²) >= 11 is 0. The molecule has 0 aliphatic rings. The molecular formula is C10H14BF3KN. The Morgan fingerprint density at radius 3 is 2.00 bits per heavy atom. The Labute approximate surface area is 136 Å². The average Bonchev–Trinajstić information content (AvgIpc) is 2.00. The zero-order valence-electron chi connectivity index (χ0n) is 10.0. The molecule has 0 amide bonds. The first-order valence-electron chi connectivity index (χ1n) is 4.72. The summed E-state index contributed by atoms with van der Waals surface area (Å²) in [5, 5.41) is 0. The second kappa shape index (κ2) is 5.44. The monoisotopic (exact) mass is 255 g/mol. The van der Waals surface area contributed by atoms with Crippen molar-refractivity contribution in [2.45, 2.75) is 26.2 Å². The van der Waals surface area contributed by atoms with Gasteiger partial charge < -0.3 is 18.7 Å². The van der Waals surface area contributed by atoms with Crippen LogP contribution in [0.2, 0.25) is 0 Å². The van der Waals surface area contributed by atoms with Crippen LogP contribution in [0.4, 0.5) is 18.6 Å². The third kappa shape index (κ3) is 4.07. The number of hydrogen-bond acceptors (Lipinski definition) is 1. The van der Waals surface area contributed by atoms with E-state index >= 15 is 0 Å². The Bertz CT molecular complexity index is 371. The number of anilines is 1. The van der Waals surface area contributed by atoms with Gasteiger partial charge in [-0.1, -0.05) is 38.4 Å². The van der Waals surface area contributed by atoms with E-state index in [9.17, 15) is 12.9 Å². The van der Waals surface area contributed by atoms with Crippen molar-refractivity contribution in [2.75, 3.05) is 5.73 Å². The summed E-state index contributed by atoms with van der Waals surface area (Å²) in [5.41, 5.74) is 4.77. The van der Waals surface area contributed by atoms with Crippen molar-refractivity contribution in [2.24, 2.45) is 0 Å². The average molecular weight is 255 g/mol. The van der Waals surface area contributed by atoms with E-state index in [1.54, 1.807) is 6.07 Å². The summed E-state index contributed by atoms with van der Waals surface area (Å²) in [7, 11) is 0. The van der Waals surface area contributed by atoms with Crippen LogP contribution in [0.25, 0.3) is 0 Å². The minimum atomic E-state index is -5.03. The molecule has 0 spiro atoms. The number of benzene rings is 1. The standard InChI is InChI=1S/C10H14BF3N.K/c1-10(2,3)7-4-5-9(15)8(6-7)11(12,13)14;/h4-6H,15H2,1-3H3;/q-1;+1. The molecule has 0 heterocycles. The molecule has 0 saturated carbocycles. The summed E-state index contributed by atoms with van der Waals surface area (Å²) in [4.78, 5) is 0. The van der Waals surface area contributed by atoms with Crippen LogP contribution in [0, 0.1) is 0 Å². The third-order valence-corrected chi connectivity index (χ3v) is 2.31. The summed E-state index contributed by atoms with van der Waals surface area (Å²) in [6.07, 6.45) is 0. The molecule has 0 aliphatic heterocycles. The van der Waals surface area contributed by atoms with Crippen molar-refractivity contribution < 1.29 is 64.3 Å². The van der Waals surface area contributed by atoms with Crippen molar-refractivity contribution >= 4 is 18.1 Å². The van der Waals surface area contributed by atoms with Crippen LogP contribution < -0.4 is 62.6 Å². The van der Waals surface area contributed by atoms with Crippen molar-refractivity contribution in [3.05, 3.63) is 23.8 Å². The molecule has 0 unspecified atom stereocenters. The van der Waals surface area contributed by atoms with Crippen LogP contribution in [0.15, 0.2) is 18.2 Å². The van der Waals surface area contributed by atoms with Gasteiger partial charge in [-0.05, 0) is 17.0 Å². The van der Waals surface area contributed by atoms with E-state index in [1.807, 2.05) is 20.8 Å². The number of hydrogen-bond donors (Lipinski definition) is 1. The van der Waals surface area contributed by atoms with Crippen LogP contribution >= 0.6 is 0 Å². The van der Waals surface area contributed by atoms with Gasteiger partial charge in [0, 0.05) is 5.69 Å². The number of nitrogen functional groups attached to an aromatic ring is 1. The Kier molecular flexibility index (Phi) is 5.61. The van der Waals surface area contributed by atoms with Gasteiger partial charge in [-0.25, -0.2) is 0 Å². The first-order valence-corrected chi connectivity index (χ1v) is 4.72. The van der Waals surface area contributed by atoms with Gasteiger partial charge in [0.1, 0.15) is 0 Å². The van der Waals surface area contributed by atoms with E-state index in [-0.39, 0.29) is 62.5 Å². The van der Waals surface area contributed by atoms with Gasteiger partial charge in [0.05, 0.1) is 0 Å². The molecule has 1 aromatic carbocycles. The zero-order chi connectivity index (χ0) is 11.9. The van der Waals surface area contributed by atoms with Gasteiger partial charge >= 0.3 is 58.4 Å². The molecule has 2 N–H and O–H groups in total. The molecule has 0 aromatic heterocycles. The first kappa shape index (κ1) is 16.5. The normalized spacial score (nSPS) is 12.1. The molecule has 0 saturated heterocycles. The van der Waals surface area contributed by atoms with Gasteiger partial charge in [-0.3, -0.25) is 0 Å². The van der Waals surface area contributed by atoms with E-state index in [0.717, 1.165) is 6.07 Å². The molecule has 0 aliphatic carbocycles. The topological polar surface area (TPSA) is 26.0 Å². The maximum Gasteiger partial charge on any atom is 1.00 e. The predicted molar refractivity (Wildman–Crippen MR) is 58.3 cm³/mol. The van der Waals surface area contributed by atoms with Crippen LogP contribution in [0.3, 0.4) is 0 Å². The Hall–Kier alpha value is 0.511. The number of nitrogens with two attached hydrogens (primary N) is 1. The summed E-state index contributed by atoms with van der Waals surface area (Å²) in [6.45, 7) is 0.573. The molecule has 6 heteroatoms. The third-order valence-electron chi connectivity index (χ3n) is 2.31. The van der Waals surface area contributed by atoms with Crippen molar-refractivity contribution in [1.82, 2.24) is 0 Å². The van der Waals surface area contributed by atoms with Crippen molar-refractivity contribution in [1.29, 1.82) is 0 Å². The summed E-state index contributed by atoms with van der Waals surface area (Å²) in [6, 6.07) is 4.11. The Morgan fingerprint density at radius 1 is 1.12 bits per heavy atom. The SMILES string of the molecule is CC(C)(C)c1ccc(N)c([B-](F)(F)F)c1.[K+]. The molecule has 0 radical (unpaired) electrons. The molecule has 84 valence electrons. The van der Waals surface area contributed by atoms with E-state index in [0.29, 0.717) is 5.56 Å². The molecule has 0 bridgehead atoms. The van der Waals surface area contributed by atoms with E-state index < -0.39 is 12.4 Å². The first-order chi connectivity index (χ1) is 6.62. The summed E-state index contributed by atoms with van der Waals surface area (Å²) < 4.78 is 37.8. The quantitative estimate of drug-likeness (QED) is 0.537. The van der Waals surface area contributed by atoms with E-state index in [1.165, 1.54) is 6.07 Å². The number of rotatable bonds is 1. The fraction of sp³-hybridized carbons (Fsp3) is 0.400. The second-order valence-electron chi connectivity index (χ2n) is 4.67. The van der Waals surface area contributed by atoms with E-state index in [4.69, 9.17) is 5.73 Å². The molecule has 1 aromatic rings. The minimum Gasteiger partial charge on any atom is -0.445 e. The molecule has 16 heavy (non-hydrogen) atoms. The van der Waals surface area contributed by atoms with Crippen LogP contribution in [-0.4, -0.2) is 6.98 Å². The smallest absolute Gasteiger partial charge is 0.445 e. The van der Waals surface area contributed by atoms with Crippen molar-refractivity contribution in [3.8, 4) is 0 Å². The largest absolute Gasteiger partial charge is 1.00 e. The van der Waals surface area contributed by atoms with Gasteiger partial charge in [-0.15, -0.1) is 0 Å². The summed E-state index contributed by atoms with van der Waals surface area (Å²) in [5.74, 6) is 0. The Morgan fingerprint density at radius 2 is 1.62 bits per heavy atom. The molecule has 0 atom stereocenters. The second-order valence-corrected chi connectivity index (χ2v) is 4.67. The van der Waals surface area contributed by atoms with Crippen LogP contribution in [0.5, 0.6) is 0 Å². The molecule has 1 nitrogen and oxygen atoms in total. The maximum atomic E-state index is 12.6. The number of halogens is 3. The molecule has 0 fully saturated rings. The zero-order valence-corrected chi connectivity index (χ0v) is 13.1. The van der Waals surface area contributed by atoms with Gasteiger partial charge in [-0.2, -0.15) is 0 Å². The molecular weight excluding hydrogens is 241 g/mol. The maximum absolute atomic E-state index is 12.6. The van der Waals surface area contributed by atoms with Crippen LogP contribution in [0.1, 0.15) is 26.3 Å². The van der Waals surface area contributed by atoms with Gasteiger partial charge in [0.25, 0.3) is 0 Å². The minimum absolute atomic E-state index is 0. The fourth-order valence-electron chi connectivity index (χ4n) is 1.32. The van der Waals surface area contributed by atoms with Crippen LogP contribution in [-0.2, 0) is 5.41 Å². The van der Waals surface area contributed by atoms with E-state index in [2.05, 4.69) is 0 Å². The van der Waals surface area contributed by atoms with Gasteiger partial charge in [0.15, 0.2) is 0 Å². The predicted octanol–water partition coefficient (Wildman–Crippen LogP) is -0.375. The van der Waals surface area contributed by atoms with Gasteiger partial charge in [0.2, 0.25) is 0 Å². The Balaban J connectivity index is 0.00000225. The fourth-order valence-corrected chi connectivity index (χ4v) is 1.32. The molecule has 1 rings (SSSR count).